The van der Waals surface area contributed by atoms with Crippen LogP contribution in [0.4, 0.5) is 0 Å². The van der Waals surface area contributed by atoms with Gasteiger partial charge in [-0.3, -0.25) is 4.79 Å². The van der Waals surface area contributed by atoms with Gasteiger partial charge in [0.1, 0.15) is 12.3 Å². The average Bonchev–Trinajstić information content (AvgIpc) is 3.43. The average molecular weight is 415 g/mol. The summed E-state index contributed by atoms with van der Waals surface area (Å²) >= 11 is 1.32. The van der Waals surface area contributed by atoms with E-state index in [1.165, 1.54) is 17.3 Å². The van der Waals surface area contributed by atoms with Gasteiger partial charge in [-0.25, -0.2) is 4.68 Å². The minimum atomic E-state index is 0.0444. The zero-order valence-corrected chi connectivity index (χ0v) is 17.0. The van der Waals surface area contributed by atoms with E-state index in [9.17, 15) is 4.79 Å². The second-order valence-electron chi connectivity index (χ2n) is 6.53. The van der Waals surface area contributed by atoms with Gasteiger partial charge >= 0.3 is 0 Å². The van der Waals surface area contributed by atoms with Crippen LogP contribution in [0.1, 0.15) is 16.9 Å². The van der Waals surface area contributed by atoms with E-state index >= 15 is 0 Å². The van der Waals surface area contributed by atoms with E-state index < -0.39 is 0 Å². The van der Waals surface area contributed by atoms with Crippen molar-refractivity contribution in [1.29, 1.82) is 0 Å². The van der Waals surface area contributed by atoms with Crippen molar-refractivity contribution in [3.63, 3.8) is 0 Å². The number of hydrogen-bond donors (Lipinski definition) is 0. The number of thioether (sulfide) groups is 1. The predicted molar refractivity (Wildman–Crippen MR) is 105 cm³/mol. The Kier molecular flexibility index (Phi) is 5.70. The number of methoxy groups -OCH3 is 2. The number of amides is 1. The molecule has 4 rings (SSSR count). The van der Waals surface area contributed by atoms with E-state index in [2.05, 4.69) is 15.5 Å². The molecular weight excluding hydrogens is 394 g/mol. The zero-order chi connectivity index (χ0) is 20.2. The SMILES string of the molecule is COc1cc2c(cc1OC)CN(C(=O)CSc1nnnn1Cc1ccco1)CC2. The van der Waals surface area contributed by atoms with Gasteiger partial charge < -0.3 is 18.8 Å². The molecular formula is C19H21N5O4S. The quantitative estimate of drug-likeness (QED) is 0.541. The number of aromatic nitrogens is 4. The first kappa shape index (κ1) is 19.3. The van der Waals surface area contributed by atoms with Gasteiger partial charge in [-0.2, -0.15) is 0 Å². The van der Waals surface area contributed by atoms with Crippen LogP contribution in [-0.2, 0) is 24.3 Å². The van der Waals surface area contributed by atoms with E-state index in [4.69, 9.17) is 13.9 Å². The number of rotatable bonds is 7. The minimum Gasteiger partial charge on any atom is -0.493 e. The first-order valence-corrected chi connectivity index (χ1v) is 10.1. The van der Waals surface area contributed by atoms with Crippen LogP contribution in [-0.4, -0.2) is 57.5 Å². The Bertz CT molecular complexity index is 989. The molecule has 3 aromatic rings. The number of fused-ring (bicyclic) bond motifs is 1. The van der Waals surface area contributed by atoms with Crippen LogP contribution in [0.5, 0.6) is 11.5 Å². The second kappa shape index (κ2) is 8.56. The molecule has 152 valence electrons. The molecule has 1 aliphatic heterocycles. The standard InChI is InChI=1S/C19H21N5O4S/c1-26-16-8-13-5-6-23(10-14(13)9-17(16)27-2)18(25)12-29-19-20-21-22-24(19)11-15-4-3-7-28-15/h3-4,7-9H,5-6,10-12H2,1-2H3. The number of hydrogen-bond acceptors (Lipinski definition) is 8. The molecule has 0 spiro atoms. The zero-order valence-electron chi connectivity index (χ0n) is 16.2. The number of carbonyl (C=O) groups excluding carboxylic acids is 1. The molecule has 0 fully saturated rings. The highest BCUT2D eigenvalue weighted by atomic mass is 32.2. The maximum atomic E-state index is 12.8. The normalized spacial score (nSPS) is 13.2. The third-order valence-electron chi connectivity index (χ3n) is 4.78. The molecule has 0 aliphatic carbocycles. The van der Waals surface area contributed by atoms with Crippen molar-refractivity contribution in [2.45, 2.75) is 24.7 Å². The Hall–Kier alpha value is -3.01. The summed E-state index contributed by atoms with van der Waals surface area (Å²) < 4.78 is 17.7. The molecule has 2 aromatic heterocycles. The lowest BCUT2D eigenvalue weighted by Gasteiger charge is -2.29. The van der Waals surface area contributed by atoms with Crippen LogP contribution >= 0.6 is 11.8 Å². The Morgan fingerprint density at radius 1 is 1.24 bits per heavy atom. The number of furan rings is 1. The lowest BCUT2D eigenvalue weighted by atomic mass is 9.99. The summed E-state index contributed by atoms with van der Waals surface area (Å²) in [6.07, 6.45) is 2.39. The van der Waals surface area contributed by atoms with Crippen molar-refractivity contribution >= 4 is 17.7 Å². The van der Waals surface area contributed by atoms with Crippen LogP contribution in [0.2, 0.25) is 0 Å². The summed E-state index contributed by atoms with van der Waals surface area (Å²) in [6, 6.07) is 7.61. The molecule has 1 amide bonds. The lowest BCUT2D eigenvalue weighted by molar-refractivity contribution is -0.129. The molecule has 0 unspecified atom stereocenters. The van der Waals surface area contributed by atoms with E-state index in [0.717, 1.165) is 17.7 Å². The van der Waals surface area contributed by atoms with Gasteiger partial charge in [0, 0.05) is 13.1 Å². The topological polar surface area (TPSA) is 95.5 Å². The highest BCUT2D eigenvalue weighted by Gasteiger charge is 2.23. The fourth-order valence-corrected chi connectivity index (χ4v) is 4.04. The van der Waals surface area contributed by atoms with Gasteiger partial charge in [0.15, 0.2) is 11.5 Å². The predicted octanol–water partition coefficient (Wildman–Crippen LogP) is 2.01. The highest BCUT2D eigenvalue weighted by molar-refractivity contribution is 7.99. The van der Waals surface area contributed by atoms with Gasteiger partial charge in [0.05, 0.1) is 26.2 Å². The smallest absolute Gasteiger partial charge is 0.233 e. The summed E-state index contributed by atoms with van der Waals surface area (Å²) in [7, 11) is 3.24. The van der Waals surface area contributed by atoms with Gasteiger partial charge in [-0.15, -0.1) is 5.10 Å². The minimum absolute atomic E-state index is 0.0444. The Morgan fingerprint density at radius 3 is 2.76 bits per heavy atom. The van der Waals surface area contributed by atoms with Gasteiger partial charge in [0.25, 0.3) is 0 Å². The van der Waals surface area contributed by atoms with Crippen LogP contribution in [0.3, 0.4) is 0 Å². The molecule has 0 atom stereocenters. The molecule has 0 bridgehead atoms. The van der Waals surface area contributed by atoms with E-state index in [0.29, 0.717) is 36.3 Å². The van der Waals surface area contributed by atoms with Crippen molar-refractivity contribution in [3.05, 3.63) is 47.4 Å². The number of nitrogens with zero attached hydrogens (tertiary/aromatic N) is 5. The molecule has 0 saturated heterocycles. The highest BCUT2D eigenvalue weighted by Crippen LogP contribution is 2.33. The van der Waals surface area contributed by atoms with Crippen LogP contribution < -0.4 is 9.47 Å². The van der Waals surface area contributed by atoms with Crippen LogP contribution in [0.15, 0.2) is 40.1 Å². The maximum Gasteiger partial charge on any atom is 0.233 e. The second-order valence-corrected chi connectivity index (χ2v) is 7.47. The molecule has 3 heterocycles. The van der Waals surface area contributed by atoms with Crippen molar-refractivity contribution in [3.8, 4) is 11.5 Å². The van der Waals surface area contributed by atoms with Crippen molar-refractivity contribution < 1.29 is 18.7 Å². The molecule has 0 saturated carbocycles. The van der Waals surface area contributed by atoms with Gasteiger partial charge in [-0.05, 0) is 52.2 Å². The Balaban J connectivity index is 1.39. The number of tetrazole rings is 1. The maximum absolute atomic E-state index is 12.8. The Labute approximate surface area is 172 Å². The third-order valence-corrected chi connectivity index (χ3v) is 5.72. The summed E-state index contributed by atoms with van der Waals surface area (Å²) in [5.74, 6) is 2.45. The fourth-order valence-electron chi connectivity index (χ4n) is 3.26. The number of benzene rings is 1. The summed E-state index contributed by atoms with van der Waals surface area (Å²) in [5.41, 5.74) is 2.26. The van der Waals surface area contributed by atoms with Gasteiger partial charge in [0.2, 0.25) is 11.1 Å². The van der Waals surface area contributed by atoms with Crippen molar-refractivity contribution in [2.75, 3.05) is 26.5 Å². The molecule has 0 N–H and O–H groups in total. The summed E-state index contributed by atoms with van der Waals surface area (Å²) in [4.78, 5) is 14.6. The molecule has 0 radical (unpaired) electrons. The largest absolute Gasteiger partial charge is 0.493 e. The summed E-state index contributed by atoms with van der Waals surface area (Å²) in [5, 5.41) is 12.3. The first-order chi connectivity index (χ1) is 14.2. The lowest BCUT2D eigenvalue weighted by Crippen LogP contribution is -2.37. The van der Waals surface area contributed by atoms with Gasteiger partial charge in [-0.1, -0.05) is 11.8 Å². The summed E-state index contributed by atoms with van der Waals surface area (Å²) in [6.45, 7) is 1.64. The van der Waals surface area contributed by atoms with E-state index in [-0.39, 0.29) is 11.7 Å². The molecule has 9 nitrogen and oxygen atoms in total. The third kappa shape index (κ3) is 4.21. The van der Waals surface area contributed by atoms with Crippen LogP contribution in [0.25, 0.3) is 0 Å². The van der Waals surface area contributed by atoms with Crippen LogP contribution in [0, 0.1) is 0 Å². The van der Waals surface area contributed by atoms with Crippen molar-refractivity contribution in [2.24, 2.45) is 0 Å². The molecule has 10 heteroatoms. The first-order valence-electron chi connectivity index (χ1n) is 9.11. The molecule has 1 aliphatic rings. The van der Waals surface area contributed by atoms with Crippen molar-refractivity contribution in [1.82, 2.24) is 25.1 Å². The molecule has 1 aromatic carbocycles. The Morgan fingerprint density at radius 2 is 2.03 bits per heavy atom. The fraction of sp³-hybridized carbons (Fsp3) is 0.368. The number of ether oxygens (including phenoxy) is 2. The number of carbonyl (C=O) groups is 1. The van der Waals surface area contributed by atoms with E-state index in [1.54, 1.807) is 25.2 Å². The van der Waals surface area contributed by atoms with E-state index in [1.807, 2.05) is 29.2 Å². The molecule has 29 heavy (non-hydrogen) atoms. The monoisotopic (exact) mass is 415 g/mol.